The second-order valence-electron chi connectivity index (χ2n) is 4.95. The van der Waals surface area contributed by atoms with Crippen LogP contribution < -0.4 is 15.4 Å². The first-order valence-corrected chi connectivity index (χ1v) is 7.03. The van der Waals surface area contributed by atoms with Crippen molar-refractivity contribution in [3.05, 3.63) is 42.5 Å². The number of rotatable bonds is 4. The quantitative estimate of drug-likeness (QED) is 0.891. The number of amides is 1. The Balaban J connectivity index is 1.59. The first-order chi connectivity index (χ1) is 10.3. The molecule has 1 aliphatic heterocycles. The zero-order valence-corrected chi connectivity index (χ0v) is 11.7. The molecule has 110 valence electrons. The summed E-state index contributed by atoms with van der Waals surface area (Å²) in [7, 11) is 0. The molecular formula is C15H18N4O2. The van der Waals surface area contributed by atoms with E-state index in [4.69, 9.17) is 4.74 Å². The Morgan fingerprint density at radius 2 is 2.43 bits per heavy atom. The predicted molar refractivity (Wildman–Crippen MR) is 79.1 cm³/mol. The van der Waals surface area contributed by atoms with Gasteiger partial charge in [-0.05, 0) is 18.2 Å². The first-order valence-electron chi connectivity index (χ1n) is 7.03. The minimum absolute atomic E-state index is 0.00819. The zero-order chi connectivity index (χ0) is 14.5. The molecular weight excluding hydrogens is 268 g/mol. The second kappa shape index (κ2) is 6.41. The Morgan fingerprint density at radius 3 is 3.29 bits per heavy atom. The van der Waals surface area contributed by atoms with Gasteiger partial charge in [0.2, 0.25) is 5.91 Å². The highest BCUT2D eigenvalue weighted by Gasteiger charge is 2.10. The highest BCUT2D eigenvalue weighted by Crippen LogP contribution is 2.24. The van der Waals surface area contributed by atoms with Gasteiger partial charge in [-0.2, -0.15) is 0 Å². The fraction of sp³-hybridized carbons (Fsp3) is 0.333. The van der Waals surface area contributed by atoms with E-state index in [1.54, 1.807) is 12.5 Å². The fourth-order valence-corrected chi connectivity index (χ4v) is 2.27. The van der Waals surface area contributed by atoms with E-state index in [9.17, 15) is 4.79 Å². The maximum absolute atomic E-state index is 12.0. The molecule has 0 saturated heterocycles. The second-order valence-corrected chi connectivity index (χ2v) is 4.95. The molecule has 3 rings (SSSR count). The summed E-state index contributed by atoms with van der Waals surface area (Å²) in [6.45, 7) is 2.89. The van der Waals surface area contributed by atoms with Crippen molar-refractivity contribution >= 4 is 11.6 Å². The summed E-state index contributed by atoms with van der Waals surface area (Å²) < 4.78 is 7.50. The lowest BCUT2D eigenvalue weighted by atomic mass is 10.1. The van der Waals surface area contributed by atoms with Gasteiger partial charge in [0.15, 0.2) is 0 Å². The predicted octanol–water partition coefficient (Wildman–Crippen LogP) is 1.39. The lowest BCUT2D eigenvalue weighted by molar-refractivity contribution is -0.116. The third-order valence-corrected chi connectivity index (χ3v) is 3.35. The van der Waals surface area contributed by atoms with Crippen LogP contribution in [0.1, 0.15) is 12.0 Å². The Kier molecular flexibility index (Phi) is 4.16. The van der Waals surface area contributed by atoms with Crippen LogP contribution in [-0.4, -0.2) is 28.6 Å². The zero-order valence-electron chi connectivity index (χ0n) is 11.7. The maximum atomic E-state index is 12.0. The average Bonchev–Trinajstić information content (AvgIpc) is 2.90. The lowest BCUT2D eigenvalue weighted by Gasteiger charge is -2.10. The van der Waals surface area contributed by atoms with Crippen LogP contribution in [0.2, 0.25) is 0 Å². The Bertz CT molecular complexity index is 610. The Hall–Kier alpha value is -2.34. The number of hydrogen-bond acceptors (Lipinski definition) is 4. The molecule has 1 aromatic carbocycles. The number of carbonyl (C=O) groups is 1. The molecule has 2 aromatic rings. The van der Waals surface area contributed by atoms with Gasteiger partial charge < -0.3 is 19.9 Å². The molecule has 0 spiro atoms. The summed E-state index contributed by atoms with van der Waals surface area (Å²) in [5.41, 5.74) is 1.87. The number of aromatic nitrogens is 2. The van der Waals surface area contributed by atoms with Crippen molar-refractivity contribution < 1.29 is 9.53 Å². The molecule has 1 aliphatic rings. The molecule has 0 saturated carbocycles. The molecule has 6 heteroatoms. The van der Waals surface area contributed by atoms with Crippen LogP contribution >= 0.6 is 0 Å². The Labute approximate surface area is 123 Å². The topological polar surface area (TPSA) is 68.2 Å². The average molecular weight is 286 g/mol. The van der Waals surface area contributed by atoms with Crippen molar-refractivity contribution in [1.29, 1.82) is 0 Å². The van der Waals surface area contributed by atoms with Gasteiger partial charge in [-0.1, -0.05) is 0 Å². The van der Waals surface area contributed by atoms with Gasteiger partial charge in [0.1, 0.15) is 12.4 Å². The van der Waals surface area contributed by atoms with Crippen molar-refractivity contribution in [2.45, 2.75) is 19.5 Å². The number of aryl methyl sites for hydroxylation is 1. The normalized spacial score (nSPS) is 13.9. The molecule has 0 bridgehead atoms. The number of imidazole rings is 1. The van der Waals surface area contributed by atoms with Gasteiger partial charge in [0.05, 0.1) is 6.33 Å². The first kappa shape index (κ1) is 13.6. The van der Waals surface area contributed by atoms with Crippen molar-refractivity contribution in [3.8, 4) is 5.75 Å². The number of hydrogen-bond donors (Lipinski definition) is 2. The minimum atomic E-state index is -0.00819. The molecule has 0 fully saturated rings. The van der Waals surface area contributed by atoms with Gasteiger partial charge in [-0.25, -0.2) is 4.98 Å². The number of fused-ring (bicyclic) bond motifs is 1. The van der Waals surface area contributed by atoms with Gasteiger partial charge in [-0.15, -0.1) is 0 Å². The van der Waals surface area contributed by atoms with Crippen LogP contribution in [0.5, 0.6) is 5.75 Å². The van der Waals surface area contributed by atoms with Crippen molar-refractivity contribution in [3.63, 3.8) is 0 Å². The molecule has 6 nitrogen and oxygen atoms in total. The minimum Gasteiger partial charge on any atom is -0.492 e. The van der Waals surface area contributed by atoms with E-state index in [-0.39, 0.29) is 5.91 Å². The molecule has 0 radical (unpaired) electrons. The molecule has 2 N–H and O–H groups in total. The van der Waals surface area contributed by atoms with E-state index in [0.29, 0.717) is 19.6 Å². The smallest absolute Gasteiger partial charge is 0.226 e. The molecule has 1 aromatic heterocycles. The van der Waals surface area contributed by atoms with Crippen LogP contribution in [-0.2, 0) is 17.9 Å². The molecule has 2 heterocycles. The van der Waals surface area contributed by atoms with E-state index in [1.165, 1.54) is 0 Å². The fourth-order valence-electron chi connectivity index (χ4n) is 2.27. The number of nitrogens with zero attached hydrogens (tertiary/aromatic N) is 2. The number of ether oxygens (including phenoxy) is 1. The molecule has 0 atom stereocenters. The molecule has 21 heavy (non-hydrogen) atoms. The van der Waals surface area contributed by atoms with Gasteiger partial charge in [-0.3, -0.25) is 4.79 Å². The van der Waals surface area contributed by atoms with E-state index >= 15 is 0 Å². The summed E-state index contributed by atoms with van der Waals surface area (Å²) >= 11 is 0. The highest BCUT2D eigenvalue weighted by molar-refractivity contribution is 5.90. The van der Waals surface area contributed by atoms with Gasteiger partial charge in [0, 0.05) is 49.7 Å². The van der Waals surface area contributed by atoms with E-state index in [2.05, 4.69) is 15.6 Å². The van der Waals surface area contributed by atoms with E-state index in [0.717, 1.165) is 30.1 Å². The van der Waals surface area contributed by atoms with Crippen LogP contribution in [0.3, 0.4) is 0 Å². The summed E-state index contributed by atoms with van der Waals surface area (Å²) in [4.78, 5) is 15.9. The number of nitrogens with one attached hydrogen (secondary N) is 2. The summed E-state index contributed by atoms with van der Waals surface area (Å²) in [6.07, 6.45) is 5.68. The molecule has 0 aliphatic carbocycles. The van der Waals surface area contributed by atoms with Crippen molar-refractivity contribution in [2.24, 2.45) is 0 Å². The summed E-state index contributed by atoms with van der Waals surface area (Å²) in [5, 5.41) is 6.20. The largest absolute Gasteiger partial charge is 0.492 e. The van der Waals surface area contributed by atoms with Crippen molar-refractivity contribution in [2.75, 3.05) is 18.5 Å². The standard InChI is InChI=1S/C15H18N4O2/c20-15(3-6-19-7-4-17-11-19)18-13-1-2-14-12(9-13)10-16-5-8-21-14/h1-2,4,7,9,11,16H,3,5-6,8,10H2,(H,18,20). The number of anilines is 1. The van der Waals surface area contributed by atoms with Crippen LogP contribution in [0.15, 0.2) is 36.9 Å². The SMILES string of the molecule is O=C(CCn1ccnc1)Nc1ccc2c(c1)CNCCO2. The highest BCUT2D eigenvalue weighted by atomic mass is 16.5. The van der Waals surface area contributed by atoms with Gasteiger partial charge in [0.25, 0.3) is 0 Å². The van der Waals surface area contributed by atoms with E-state index < -0.39 is 0 Å². The third kappa shape index (κ3) is 3.61. The summed E-state index contributed by atoms with van der Waals surface area (Å²) in [6, 6.07) is 5.75. The Morgan fingerprint density at radius 1 is 1.48 bits per heavy atom. The number of benzene rings is 1. The number of carbonyl (C=O) groups excluding carboxylic acids is 1. The van der Waals surface area contributed by atoms with E-state index in [1.807, 2.05) is 29.0 Å². The van der Waals surface area contributed by atoms with Gasteiger partial charge >= 0.3 is 0 Å². The third-order valence-electron chi connectivity index (χ3n) is 3.35. The monoisotopic (exact) mass is 286 g/mol. The van der Waals surface area contributed by atoms with Crippen LogP contribution in [0.25, 0.3) is 0 Å². The maximum Gasteiger partial charge on any atom is 0.226 e. The lowest BCUT2D eigenvalue weighted by Crippen LogP contribution is -2.16. The molecule has 0 unspecified atom stereocenters. The molecule has 1 amide bonds. The van der Waals surface area contributed by atoms with Crippen LogP contribution in [0.4, 0.5) is 5.69 Å². The van der Waals surface area contributed by atoms with Crippen LogP contribution in [0, 0.1) is 0 Å². The van der Waals surface area contributed by atoms with Crippen molar-refractivity contribution in [1.82, 2.24) is 14.9 Å². The summed E-state index contributed by atoms with van der Waals surface area (Å²) in [5.74, 6) is 0.877.